The SMILES string of the molecule is COC(=O)[C@@H]1CC=CC[C@H]1NC(=O)OC(C)(C)C.COC(=O)[C@H]1CC=CC[C@@H]1NC(=O)OC(C)(C)C. The van der Waals surface area contributed by atoms with Crippen LogP contribution in [0.3, 0.4) is 0 Å². The lowest BCUT2D eigenvalue weighted by Crippen LogP contribution is -2.46. The number of ether oxygens (including phenoxy) is 4. The van der Waals surface area contributed by atoms with E-state index < -0.39 is 23.4 Å². The van der Waals surface area contributed by atoms with Gasteiger partial charge < -0.3 is 29.6 Å². The van der Waals surface area contributed by atoms with E-state index in [1.54, 1.807) is 41.5 Å². The van der Waals surface area contributed by atoms with Crippen molar-refractivity contribution in [2.45, 2.75) is 90.5 Å². The Morgan fingerprint density at radius 1 is 0.611 bits per heavy atom. The third-order valence-electron chi connectivity index (χ3n) is 5.28. The molecule has 0 aliphatic heterocycles. The number of allylic oxidation sites excluding steroid dienone is 2. The molecule has 4 atom stereocenters. The first-order valence-corrected chi connectivity index (χ1v) is 12.1. The molecule has 0 radical (unpaired) electrons. The lowest BCUT2D eigenvalue weighted by molar-refractivity contribution is -0.147. The van der Waals surface area contributed by atoms with E-state index in [4.69, 9.17) is 18.9 Å². The number of amides is 2. The van der Waals surface area contributed by atoms with Crippen LogP contribution in [0.4, 0.5) is 9.59 Å². The maximum absolute atomic E-state index is 11.7. The monoisotopic (exact) mass is 510 g/mol. The van der Waals surface area contributed by atoms with E-state index in [1.165, 1.54) is 14.2 Å². The van der Waals surface area contributed by atoms with Crippen molar-refractivity contribution in [1.29, 1.82) is 0 Å². The molecule has 0 saturated heterocycles. The molecule has 0 fully saturated rings. The molecule has 0 aromatic carbocycles. The van der Waals surface area contributed by atoms with E-state index in [0.29, 0.717) is 25.7 Å². The van der Waals surface area contributed by atoms with E-state index in [9.17, 15) is 19.2 Å². The number of hydrogen-bond donors (Lipinski definition) is 2. The largest absolute Gasteiger partial charge is 0.469 e. The fourth-order valence-corrected chi connectivity index (χ4v) is 3.69. The first-order chi connectivity index (χ1) is 16.7. The average molecular weight is 511 g/mol. The van der Waals surface area contributed by atoms with Gasteiger partial charge in [-0.3, -0.25) is 9.59 Å². The van der Waals surface area contributed by atoms with Crippen LogP contribution in [0.5, 0.6) is 0 Å². The highest BCUT2D eigenvalue weighted by molar-refractivity contribution is 5.76. The number of carbonyl (C=O) groups excluding carboxylic acids is 4. The van der Waals surface area contributed by atoms with Gasteiger partial charge in [0.1, 0.15) is 11.2 Å². The van der Waals surface area contributed by atoms with Crippen LogP contribution < -0.4 is 10.6 Å². The van der Waals surface area contributed by atoms with Crippen LogP contribution in [0, 0.1) is 11.8 Å². The molecule has 0 aromatic rings. The van der Waals surface area contributed by atoms with Crippen molar-refractivity contribution in [2.24, 2.45) is 11.8 Å². The lowest BCUT2D eigenvalue weighted by Gasteiger charge is -2.28. The molecule has 0 saturated carbocycles. The summed E-state index contributed by atoms with van der Waals surface area (Å²) in [5, 5.41) is 5.45. The summed E-state index contributed by atoms with van der Waals surface area (Å²) >= 11 is 0. The maximum atomic E-state index is 11.7. The summed E-state index contributed by atoms with van der Waals surface area (Å²) in [7, 11) is 2.70. The fourth-order valence-electron chi connectivity index (χ4n) is 3.69. The van der Waals surface area contributed by atoms with E-state index in [0.717, 1.165) is 0 Å². The number of esters is 2. The number of carbonyl (C=O) groups is 4. The molecule has 2 N–H and O–H groups in total. The first kappa shape index (κ1) is 31.0. The topological polar surface area (TPSA) is 129 Å². The highest BCUT2D eigenvalue weighted by atomic mass is 16.6. The first-order valence-electron chi connectivity index (χ1n) is 12.1. The molecule has 10 nitrogen and oxygen atoms in total. The summed E-state index contributed by atoms with van der Waals surface area (Å²) in [5.74, 6) is -1.29. The van der Waals surface area contributed by atoms with E-state index in [-0.39, 0.29) is 35.9 Å². The van der Waals surface area contributed by atoms with Crippen LogP contribution in [0.25, 0.3) is 0 Å². The van der Waals surface area contributed by atoms with Gasteiger partial charge in [0.25, 0.3) is 0 Å². The van der Waals surface area contributed by atoms with E-state index >= 15 is 0 Å². The average Bonchev–Trinajstić information content (AvgIpc) is 2.76. The molecular formula is C26H42N2O8. The molecule has 0 heterocycles. The van der Waals surface area contributed by atoms with E-state index in [2.05, 4.69) is 10.6 Å². The molecule has 2 aliphatic carbocycles. The Morgan fingerprint density at radius 3 is 1.19 bits per heavy atom. The Balaban J connectivity index is 0.000000360. The summed E-state index contributed by atoms with van der Waals surface area (Å²) in [5.41, 5.74) is -1.09. The minimum Gasteiger partial charge on any atom is -0.469 e. The van der Waals surface area contributed by atoms with Crippen LogP contribution in [-0.4, -0.2) is 61.6 Å². The van der Waals surface area contributed by atoms with Crippen molar-refractivity contribution < 1.29 is 38.1 Å². The number of hydrogen-bond acceptors (Lipinski definition) is 8. The molecule has 0 unspecified atom stereocenters. The van der Waals surface area contributed by atoms with Crippen molar-refractivity contribution in [1.82, 2.24) is 10.6 Å². The lowest BCUT2D eigenvalue weighted by atomic mass is 9.89. The van der Waals surface area contributed by atoms with Gasteiger partial charge in [-0.05, 0) is 67.2 Å². The normalized spacial score (nSPS) is 23.3. The number of methoxy groups -OCH3 is 2. The van der Waals surface area contributed by atoms with Crippen LogP contribution in [0.1, 0.15) is 67.2 Å². The van der Waals surface area contributed by atoms with Gasteiger partial charge in [0, 0.05) is 12.1 Å². The van der Waals surface area contributed by atoms with Crippen LogP contribution in [0.15, 0.2) is 24.3 Å². The van der Waals surface area contributed by atoms with Gasteiger partial charge >= 0.3 is 24.1 Å². The van der Waals surface area contributed by atoms with Crippen LogP contribution >= 0.6 is 0 Å². The Morgan fingerprint density at radius 2 is 0.917 bits per heavy atom. The Hall–Kier alpha value is -3.04. The number of nitrogens with one attached hydrogen (secondary N) is 2. The van der Waals surface area contributed by atoms with Gasteiger partial charge in [0.05, 0.1) is 26.1 Å². The van der Waals surface area contributed by atoms with Gasteiger partial charge in [0.15, 0.2) is 0 Å². The van der Waals surface area contributed by atoms with Gasteiger partial charge in [-0.15, -0.1) is 0 Å². The second-order valence-electron chi connectivity index (χ2n) is 10.7. The highest BCUT2D eigenvalue weighted by Gasteiger charge is 2.33. The van der Waals surface area contributed by atoms with Crippen molar-refractivity contribution >= 4 is 24.1 Å². The minimum atomic E-state index is -0.546. The molecule has 10 heteroatoms. The summed E-state index contributed by atoms with van der Waals surface area (Å²) in [6, 6.07) is -0.533. The summed E-state index contributed by atoms with van der Waals surface area (Å²) < 4.78 is 19.8. The van der Waals surface area contributed by atoms with Gasteiger partial charge in [-0.25, -0.2) is 9.59 Å². The van der Waals surface area contributed by atoms with Gasteiger partial charge in [-0.2, -0.15) is 0 Å². The molecule has 0 bridgehead atoms. The van der Waals surface area contributed by atoms with Crippen molar-refractivity contribution in [3.63, 3.8) is 0 Å². The molecule has 2 rings (SSSR count). The zero-order chi connectivity index (χ0) is 27.5. The summed E-state index contributed by atoms with van der Waals surface area (Å²) in [4.78, 5) is 46.5. The predicted octanol–water partition coefficient (Wildman–Crippen LogP) is 4.04. The number of rotatable bonds is 4. The molecule has 204 valence electrons. The fraction of sp³-hybridized carbons (Fsp3) is 0.692. The Labute approximate surface area is 214 Å². The third kappa shape index (κ3) is 11.6. The minimum absolute atomic E-state index is 0.266. The van der Waals surface area contributed by atoms with Gasteiger partial charge in [0.2, 0.25) is 0 Å². The molecule has 0 spiro atoms. The zero-order valence-electron chi connectivity index (χ0n) is 22.7. The van der Waals surface area contributed by atoms with Gasteiger partial charge in [-0.1, -0.05) is 24.3 Å². The Bertz CT molecular complexity index is 755. The van der Waals surface area contributed by atoms with Crippen LogP contribution in [-0.2, 0) is 28.5 Å². The number of alkyl carbamates (subject to hydrolysis) is 2. The van der Waals surface area contributed by atoms with E-state index in [1.807, 2.05) is 24.3 Å². The quantitative estimate of drug-likeness (QED) is 0.329. The van der Waals surface area contributed by atoms with Crippen molar-refractivity contribution in [2.75, 3.05) is 14.2 Å². The summed E-state index contributed by atoms with van der Waals surface area (Å²) in [6.45, 7) is 10.8. The molecule has 2 aliphatic rings. The highest BCUT2D eigenvalue weighted by Crippen LogP contribution is 2.22. The van der Waals surface area contributed by atoms with Crippen molar-refractivity contribution in [3.05, 3.63) is 24.3 Å². The second kappa shape index (κ2) is 13.9. The summed E-state index contributed by atoms with van der Waals surface area (Å²) in [6.07, 6.45) is 9.11. The molecule has 0 aromatic heterocycles. The predicted molar refractivity (Wildman–Crippen MR) is 134 cm³/mol. The maximum Gasteiger partial charge on any atom is 0.407 e. The van der Waals surface area contributed by atoms with Crippen LogP contribution in [0.2, 0.25) is 0 Å². The zero-order valence-corrected chi connectivity index (χ0v) is 22.7. The molecule has 2 amide bonds. The smallest absolute Gasteiger partial charge is 0.407 e. The Kier molecular flexibility index (Phi) is 12.0. The second-order valence-corrected chi connectivity index (χ2v) is 10.7. The molecular weight excluding hydrogens is 468 g/mol. The standard InChI is InChI=1S/2C13H21NO4/c2*1-13(2,3)18-12(16)14-10-8-6-5-7-9(10)11(15)17-4/h2*5-6,9-10H,7-8H2,1-4H3,(H,14,16)/t2*9-,10-/m10/s1. The third-order valence-corrected chi connectivity index (χ3v) is 5.28. The van der Waals surface area contributed by atoms with Crippen molar-refractivity contribution in [3.8, 4) is 0 Å². The molecule has 36 heavy (non-hydrogen) atoms.